The van der Waals surface area contributed by atoms with Crippen molar-refractivity contribution in [1.29, 1.82) is 0 Å². The van der Waals surface area contributed by atoms with Gasteiger partial charge >= 0.3 is 0 Å². The van der Waals surface area contributed by atoms with Crippen molar-refractivity contribution in [2.75, 3.05) is 36.8 Å². The highest BCUT2D eigenvalue weighted by Gasteiger charge is 2.15. The van der Waals surface area contributed by atoms with E-state index in [4.69, 9.17) is 5.73 Å². The molecule has 1 aliphatic heterocycles. The van der Waals surface area contributed by atoms with Crippen LogP contribution in [0.3, 0.4) is 0 Å². The molecule has 0 aliphatic carbocycles. The van der Waals surface area contributed by atoms with Crippen LogP contribution in [0.15, 0.2) is 54.6 Å². The molecule has 3 heteroatoms. The number of nitrogens with two attached hydrogens (primary N) is 1. The Bertz CT molecular complexity index is 550. The van der Waals surface area contributed by atoms with Crippen LogP contribution >= 0.6 is 0 Å². The van der Waals surface area contributed by atoms with E-state index in [9.17, 15) is 0 Å². The summed E-state index contributed by atoms with van der Waals surface area (Å²) < 4.78 is 0. The zero-order chi connectivity index (χ0) is 14.5. The highest BCUT2D eigenvalue weighted by molar-refractivity contribution is 5.53. The third-order valence-electron chi connectivity index (χ3n) is 4.10. The molecular weight excluding hydrogens is 258 g/mol. The van der Waals surface area contributed by atoms with Crippen LogP contribution in [0.25, 0.3) is 0 Å². The molecule has 1 heterocycles. The summed E-state index contributed by atoms with van der Waals surface area (Å²) in [6, 6.07) is 19.0. The minimum Gasteiger partial charge on any atom is -0.399 e. The fraction of sp³-hybridized carbons (Fsp3) is 0.333. The fourth-order valence-electron chi connectivity index (χ4n) is 2.91. The molecule has 1 saturated heterocycles. The van der Waals surface area contributed by atoms with E-state index >= 15 is 0 Å². The Kier molecular flexibility index (Phi) is 4.41. The first-order valence-corrected chi connectivity index (χ1v) is 7.68. The number of benzene rings is 2. The lowest BCUT2D eigenvalue weighted by molar-refractivity contribution is 0.285. The lowest BCUT2D eigenvalue weighted by atomic mass is 10.2. The number of hydrogen-bond acceptors (Lipinski definition) is 3. The Labute approximate surface area is 127 Å². The quantitative estimate of drug-likeness (QED) is 0.878. The minimum atomic E-state index is 0.833. The van der Waals surface area contributed by atoms with Gasteiger partial charge in [-0.3, -0.25) is 4.90 Å². The summed E-state index contributed by atoms with van der Waals surface area (Å²) in [5.74, 6) is 0. The van der Waals surface area contributed by atoms with Crippen LogP contribution in [-0.4, -0.2) is 31.1 Å². The Morgan fingerprint density at radius 1 is 0.810 bits per heavy atom. The van der Waals surface area contributed by atoms with Gasteiger partial charge < -0.3 is 10.6 Å². The predicted octanol–water partition coefficient (Wildman–Crippen LogP) is 2.98. The maximum atomic E-state index is 5.77. The molecule has 1 aliphatic rings. The van der Waals surface area contributed by atoms with Crippen molar-refractivity contribution in [2.45, 2.75) is 13.0 Å². The van der Waals surface area contributed by atoms with E-state index in [1.807, 2.05) is 12.1 Å². The molecule has 0 atom stereocenters. The number of hydrogen-bond donors (Lipinski definition) is 1. The number of rotatable bonds is 3. The van der Waals surface area contributed by atoms with Gasteiger partial charge in [0.15, 0.2) is 0 Å². The summed E-state index contributed by atoms with van der Waals surface area (Å²) >= 11 is 0. The molecule has 2 N–H and O–H groups in total. The maximum Gasteiger partial charge on any atom is 0.0368 e. The smallest absolute Gasteiger partial charge is 0.0368 e. The van der Waals surface area contributed by atoms with Crippen molar-refractivity contribution in [3.8, 4) is 0 Å². The first-order valence-electron chi connectivity index (χ1n) is 7.68. The van der Waals surface area contributed by atoms with Crippen molar-refractivity contribution in [3.05, 3.63) is 60.2 Å². The van der Waals surface area contributed by atoms with E-state index in [1.165, 1.54) is 24.2 Å². The summed E-state index contributed by atoms with van der Waals surface area (Å²) in [6.07, 6.45) is 1.21. The second-order valence-electron chi connectivity index (χ2n) is 5.69. The third kappa shape index (κ3) is 3.76. The molecule has 0 radical (unpaired) electrons. The van der Waals surface area contributed by atoms with Crippen LogP contribution in [-0.2, 0) is 6.54 Å². The van der Waals surface area contributed by atoms with Gasteiger partial charge in [0.05, 0.1) is 0 Å². The Morgan fingerprint density at radius 3 is 2.33 bits per heavy atom. The molecule has 0 amide bonds. The molecule has 2 aromatic rings. The zero-order valence-electron chi connectivity index (χ0n) is 12.4. The van der Waals surface area contributed by atoms with E-state index in [0.29, 0.717) is 0 Å². The third-order valence-corrected chi connectivity index (χ3v) is 4.10. The van der Waals surface area contributed by atoms with Crippen LogP contribution in [0.4, 0.5) is 11.4 Å². The van der Waals surface area contributed by atoms with E-state index in [1.54, 1.807) is 0 Å². The molecular formula is C18H23N3. The fourth-order valence-corrected chi connectivity index (χ4v) is 2.91. The summed E-state index contributed by atoms with van der Waals surface area (Å²) in [5, 5.41) is 0. The molecule has 0 spiro atoms. The van der Waals surface area contributed by atoms with Crippen molar-refractivity contribution in [3.63, 3.8) is 0 Å². The topological polar surface area (TPSA) is 32.5 Å². The average molecular weight is 281 g/mol. The molecule has 0 unspecified atom stereocenters. The SMILES string of the molecule is Nc1ccc(N2CCCN(Cc3ccccc3)CC2)cc1. The molecule has 0 aromatic heterocycles. The van der Waals surface area contributed by atoms with Crippen molar-refractivity contribution in [1.82, 2.24) is 4.90 Å². The Balaban J connectivity index is 1.60. The Morgan fingerprint density at radius 2 is 1.57 bits per heavy atom. The van der Waals surface area contributed by atoms with Crippen molar-refractivity contribution >= 4 is 11.4 Å². The van der Waals surface area contributed by atoms with Crippen LogP contribution in [0.2, 0.25) is 0 Å². The molecule has 0 saturated carbocycles. The molecule has 1 fully saturated rings. The van der Waals surface area contributed by atoms with Gasteiger partial charge in [0.1, 0.15) is 0 Å². The largest absolute Gasteiger partial charge is 0.399 e. The molecule has 0 bridgehead atoms. The van der Waals surface area contributed by atoms with E-state index in [-0.39, 0.29) is 0 Å². The van der Waals surface area contributed by atoms with Crippen LogP contribution in [0.5, 0.6) is 0 Å². The minimum absolute atomic E-state index is 0.833. The summed E-state index contributed by atoms with van der Waals surface area (Å²) in [6.45, 7) is 5.53. The van der Waals surface area contributed by atoms with Crippen molar-refractivity contribution < 1.29 is 0 Å². The predicted molar refractivity (Wildman–Crippen MR) is 89.4 cm³/mol. The van der Waals surface area contributed by atoms with E-state index < -0.39 is 0 Å². The monoisotopic (exact) mass is 281 g/mol. The van der Waals surface area contributed by atoms with E-state index in [0.717, 1.165) is 31.9 Å². The van der Waals surface area contributed by atoms with Gasteiger partial charge in [-0.05, 0) is 36.2 Å². The van der Waals surface area contributed by atoms with Gasteiger partial charge in [0, 0.05) is 44.1 Å². The van der Waals surface area contributed by atoms with Gasteiger partial charge in [0.2, 0.25) is 0 Å². The average Bonchev–Trinajstić information content (AvgIpc) is 2.75. The van der Waals surface area contributed by atoms with Gasteiger partial charge in [-0.15, -0.1) is 0 Å². The van der Waals surface area contributed by atoms with Crippen LogP contribution < -0.4 is 10.6 Å². The number of anilines is 2. The zero-order valence-corrected chi connectivity index (χ0v) is 12.4. The highest BCUT2D eigenvalue weighted by atomic mass is 15.2. The van der Waals surface area contributed by atoms with Gasteiger partial charge in [-0.25, -0.2) is 0 Å². The van der Waals surface area contributed by atoms with Crippen molar-refractivity contribution in [2.24, 2.45) is 0 Å². The molecule has 21 heavy (non-hydrogen) atoms. The standard InChI is InChI=1S/C18H23N3/c19-17-7-9-18(10-8-17)21-12-4-11-20(13-14-21)15-16-5-2-1-3-6-16/h1-3,5-10H,4,11-15,19H2. The lowest BCUT2D eigenvalue weighted by Gasteiger charge is -2.23. The van der Waals surface area contributed by atoms with E-state index in [2.05, 4.69) is 52.3 Å². The van der Waals surface area contributed by atoms with Crippen LogP contribution in [0, 0.1) is 0 Å². The first kappa shape index (κ1) is 14.0. The first-order chi connectivity index (χ1) is 10.3. The normalized spacial score (nSPS) is 16.7. The lowest BCUT2D eigenvalue weighted by Crippen LogP contribution is -2.30. The number of nitrogens with zero attached hydrogens (tertiary/aromatic N) is 2. The summed E-state index contributed by atoms with van der Waals surface area (Å²) in [7, 11) is 0. The van der Waals surface area contributed by atoms with Gasteiger partial charge in [-0.2, -0.15) is 0 Å². The molecule has 110 valence electrons. The second kappa shape index (κ2) is 6.64. The van der Waals surface area contributed by atoms with Gasteiger partial charge in [-0.1, -0.05) is 30.3 Å². The number of nitrogen functional groups attached to an aromatic ring is 1. The second-order valence-corrected chi connectivity index (χ2v) is 5.69. The van der Waals surface area contributed by atoms with Gasteiger partial charge in [0.25, 0.3) is 0 Å². The molecule has 3 nitrogen and oxygen atoms in total. The maximum absolute atomic E-state index is 5.77. The summed E-state index contributed by atoms with van der Waals surface area (Å²) in [5.41, 5.74) is 9.29. The molecule has 3 rings (SSSR count). The highest BCUT2D eigenvalue weighted by Crippen LogP contribution is 2.18. The summed E-state index contributed by atoms with van der Waals surface area (Å²) in [4.78, 5) is 5.01. The Hall–Kier alpha value is -2.00. The van der Waals surface area contributed by atoms with Crippen LogP contribution in [0.1, 0.15) is 12.0 Å². The molecule has 2 aromatic carbocycles.